The quantitative estimate of drug-likeness (QED) is 0.884. The first-order chi connectivity index (χ1) is 11.2. The standard InChI is InChI=1S/C20H27N3/c1-16(2)14-23(18-10-12-21-13-18)15-20-19(9-6-11-22-20)17-7-4-3-5-8-17/h3-9,11,16,18,21H,10,12-15H2,1-2H3/t18-/m0/s1. The summed E-state index contributed by atoms with van der Waals surface area (Å²) in [5, 5.41) is 3.50. The van der Waals surface area contributed by atoms with Gasteiger partial charge in [-0.05, 0) is 30.5 Å². The van der Waals surface area contributed by atoms with Crippen molar-refractivity contribution in [3.8, 4) is 11.1 Å². The Morgan fingerprint density at radius 1 is 1.17 bits per heavy atom. The summed E-state index contributed by atoms with van der Waals surface area (Å²) in [7, 11) is 0. The van der Waals surface area contributed by atoms with E-state index >= 15 is 0 Å². The van der Waals surface area contributed by atoms with E-state index in [2.05, 4.69) is 60.5 Å². The lowest BCUT2D eigenvalue weighted by Crippen LogP contribution is -2.39. The van der Waals surface area contributed by atoms with Gasteiger partial charge in [-0.25, -0.2) is 0 Å². The lowest BCUT2D eigenvalue weighted by atomic mass is 10.0. The maximum absolute atomic E-state index is 4.71. The van der Waals surface area contributed by atoms with Crippen molar-refractivity contribution < 1.29 is 0 Å². The normalized spacial score (nSPS) is 18.0. The number of benzene rings is 1. The molecule has 0 radical (unpaired) electrons. The third-order valence-electron chi connectivity index (χ3n) is 4.48. The third kappa shape index (κ3) is 4.18. The highest BCUT2D eigenvalue weighted by Gasteiger charge is 2.24. The van der Waals surface area contributed by atoms with Gasteiger partial charge in [-0.15, -0.1) is 0 Å². The van der Waals surface area contributed by atoms with E-state index in [4.69, 9.17) is 4.98 Å². The van der Waals surface area contributed by atoms with E-state index in [0.717, 1.165) is 26.2 Å². The van der Waals surface area contributed by atoms with Gasteiger partial charge in [0.1, 0.15) is 0 Å². The molecule has 2 heterocycles. The largest absolute Gasteiger partial charge is 0.315 e. The van der Waals surface area contributed by atoms with E-state index in [1.54, 1.807) is 0 Å². The summed E-state index contributed by atoms with van der Waals surface area (Å²) in [6.07, 6.45) is 3.16. The molecule has 1 aromatic heterocycles. The molecule has 122 valence electrons. The van der Waals surface area contributed by atoms with Gasteiger partial charge in [0.2, 0.25) is 0 Å². The first-order valence-corrected chi connectivity index (χ1v) is 8.68. The second-order valence-electron chi connectivity index (χ2n) is 6.83. The molecule has 1 aliphatic heterocycles. The average molecular weight is 309 g/mol. The molecule has 0 bridgehead atoms. The molecule has 1 aliphatic rings. The van der Waals surface area contributed by atoms with Crippen molar-refractivity contribution in [3.63, 3.8) is 0 Å². The van der Waals surface area contributed by atoms with E-state index in [-0.39, 0.29) is 0 Å². The summed E-state index contributed by atoms with van der Waals surface area (Å²) in [5.41, 5.74) is 3.70. The number of aromatic nitrogens is 1. The van der Waals surface area contributed by atoms with Crippen LogP contribution in [0.25, 0.3) is 11.1 Å². The molecule has 1 saturated heterocycles. The molecule has 0 aliphatic carbocycles. The van der Waals surface area contributed by atoms with Crippen LogP contribution in [-0.4, -0.2) is 35.6 Å². The van der Waals surface area contributed by atoms with Crippen LogP contribution in [0.5, 0.6) is 0 Å². The highest BCUT2D eigenvalue weighted by atomic mass is 15.2. The predicted molar refractivity (Wildman–Crippen MR) is 96.2 cm³/mol. The minimum atomic E-state index is 0.628. The fourth-order valence-corrected chi connectivity index (χ4v) is 3.40. The maximum Gasteiger partial charge on any atom is 0.0622 e. The van der Waals surface area contributed by atoms with E-state index in [1.807, 2.05) is 12.3 Å². The van der Waals surface area contributed by atoms with Gasteiger partial charge >= 0.3 is 0 Å². The summed E-state index contributed by atoms with van der Waals surface area (Å²) < 4.78 is 0. The molecule has 1 atom stereocenters. The second kappa shape index (κ2) is 7.71. The van der Waals surface area contributed by atoms with E-state index in [9.17, 15) is 0 Å². The third-order valence-corrected chi connectivity index (χ3v) is 4.48. The minimum Gasteiger partial charge on any atom is -0.315 e. The summed E-state index contributed by atoms with van der Waals surface area (Å²) in [4.78, 5) is 7.32. The van der Waals surface area contributed by atoms with Crippen LogP contribution in [0.2, 0.25) is 0 Å². The second-order valence-corrected chi connectivity index (χ2v) is 6.83. The van der Waals surface area contributed by atoms with Crippen molar-refractivity contribution in [2.24, 2.45) is 5.92 Å². The predicted octanol–water partition coefficient (Wildman–Crippen LogP) is 3.57. The highest BCUT2D eigenvalue weighted by molar-refractivity contribution is 5.65. The zero-order valence-electron chi connectivity index (χ0n) is 14.2. The number of hydrogen-bond donors (Lipinski definition) is 1. The molecule has 0 unspecified atom stereocenters. The van der Waals surface area contributed by atoms with Gasteiger partial charge in [0.15, 0.2) is 0 Å². The van der Waals surface area contributed by atoms with Crippen LogP contribution in [0.1, 0.15) is 26.0 Å². The molecule has 3 heteroatoms. The Kier molecular flexibility index (Phi) is 5.42. The number of pyridine rings is 1. The first-order valence-electron chi connectivity index (χ1n) is 8.68. The number of nitrogens with one attached hydrogen (secondary N) is 1. The average Bonchev–Trinajstić information content (AvgIpc) is 3.10. The topological polar surface area (TPSA) is 28.2 Å². The van der Waals surface area contributed by atoms with Gasteiger partial charge in [0.25, 0.3) is 0 Å². The Morgan fingerprint density at radius 2 is 2.00 bits per heavy atom. The molecule has 1 aromatic carbocycles. The molecule has 3 nitrogen and oxygen atoms in total. The summed E-state index contributed by atoms with van der Waals surface area (Å²) >= 11 is 0. The van der Waals surface area contributed by atoms with Crippen LogP contribution in [-0.2, 0) is 6.54 Å². The number of hydrogen-bond acceptors (Lipinski definition) is 3. The van der Waals surface area contributed by atoms with Gasteiger partial charge in [-0.1, -0.05) is 50.2 Å². The van der Waals surface area contributed by atoms with Gasteiger partial charge in [0.05, 0.1) is 5.69 Å². The molecule has 1 fully saturated rings. The molecule has 0 saturated carbocycles. The Balaban J connectivity index is 1.85. The molecule has 0 spiro atoms. The monoisotopic (exact) mass is 309 g/mol. The van der Waals surface area contributed by atoms with Crippen molar-refractivity contribution in [3.05, 3.63) is 54.4 Å². The van der Waals surface area contributed by atoms with Gasteiger partial charge in [0, 0.05) is 37.4 Å². The lowest BCUT2D eigenvalue weighted by Gasteiger charge is -2.30. The first kappa shape index (κ1) is 16.2. The van der Waals surface area contributed by atoms with Crippen LogP contribution >= 0.6 is 0 Å². The molecule has 2 aromatic rings. The highest BCUT2D eigenvalue weighted by Crippen LogP contribution is 2.24. The summed E-state index contributed by atoms with van der Waals surface area (Å²) in [6, 6.07) is 15.5. The van der Waals surface area contributed by atoms with Crippen LogP contribution in [0.3, 0.4) is 0 Å². The van der Waals surface area contributed by atoms with Gasteiger partial charge in [-0.2, -0.15) is 0 Å². The zero-order valence-corrected chi connectivity index (χ0v) is 14.2. The Bertz CT molecular complexity index is 603. The Morgan fingerprint density at radius 3 is 2.70 bits per heavy atom. The fraction of sp³-hybridized carbons (Fsp3) is 0.450. The van der Waals surface area contributed by atoms with Crippen LogP contribution < -0.4 is 5.32 Å². The van der Waals surface area contributed by atoms with E-state index in [1.165, 1.54) is 23.2 Å². The Hall–Kier alpha value is -1.71. The van der Waals surface area contributed by atoms with E-state index in [0.29, 0.717) is 12.0 Å². The molecular formula is C20H27N3. The molecule has 1 N–H and O–H groups in total. The summed E-state index contributed by atoms with van der Waals surface area (Å²) in [5.74, 6) is 0.666. The van der Waals surface area contributed by atoms with Gasteiger partial charge in [-0.3, -0.25) is 9.88 Å². The molecule has 23 heavy (non-hydrogen) atoms. The van der Waals surface area contributed by atoms with Gasteiger partial charge < -0.3 is 5.32 Å². The van der Waals surface area contributed by atoms with Crippen molar-refractivity contribution in [1.29, 1.82) is 0 Å². The number of rotatable bonds is 6. The Labute approximate surface area is 139 Å². The summed E-state index contributed by atoms with van der Waals surface area (Å²) in [6.45, 7) is 8.87. The van der Waals surface area contributed by atoms with Crippen LogP contribution in [0, 0.1) is 5.92 Å². The van der Waals surface area contributed by atoms with E-state index < -0.39 is 0 Å². The van der Waals surface area contributed by atoms with Crippen LogP contribution in [0.15, 0.2) is 48.7 Å². The van der Waals surface area contributed by atoms with Crippen LogP contribution in [0.4, 0.5) is 0 Å². The molecular weight excluding hydrogens is 282 g/mol. The van der Waals surface area contributed by atoms with Crippen molar-refractivity contribution in [1.82, 2.24) is 15.2 Å². The van der Waals surface area contributed by atoms with Crippen molar-refractivity contribution in [2.75, 3.05) is 19.6 Å². The zero-order chi connectivity index (χ0) is 16.1. The smallest absolute Gasteiger partial charge is 0.0622 e. The number of nitrogens with zero attached hydrogens (tertiary/aromatic N) is 2. The molecule has 3 rings (SSSR count). The SMILES string of the molecule is CC(C)CN(Cc1ncccc1-c1ccccc1)[C@H]1CCNC1. The minimum absolute atomic E-state index is 0.628. The maximum atomic E-state index is 4.71. The lowest BCUT2D eigenvalue weighted by molar-refractivity contribution is 0.175. The fourth-order valence-electron chi connectivity index (χ4n) is 3.40. The van der Waals surface area contributed by atoms with Crippen molar-refractivity contribution in [2.45, 2.75) is 32.9 Å². The molecule has 0 amide bonds. The van der Waals surface area contributed by atoms with Crippen molar-refractivity contribution >= 4 is 0 Å².